The van der Waals surface area contributed by atoms with Gasteiger partial charge in [0, 0.05) is 19.1 Å². The Hall–Kier alpha value is -2.91. The Morgan fingerprint density at radius 2 is 1.86 bits per heavy atom. The molecule has 0 aliphatic carbocycles. The third-order valence-corrected chi connectivity index (χ3v) is 8.56. The van der Waals surface area contributed by atoms with Crippen LogP contribution in [0.5, 0.6) is 5.75 Å². The normalized spacial score (nSPS) is 20.3. The van der Waals surface area contributed by atoms with Gasteiger partial charge in [-0.25, -0.2) is 13.2 Å². The lowest BCUT2D eigenvalue weighted by Crippen LogP contribution is -2.49. The molecule has 8 nitrogen and oxygen atoms in total. The van der Waals surface area contributed by atoms with Crippen molar-refractivity contribution in [3.05, 3.63) is 59.7 Å². The van der Waals surface area contributed by atoms with Crippen molar-refractivity contribution in [1.82, 2.24) is 9.21 Å². The fraction of sp³-hybridized carbons (Fsp3) is 0.462. The summed E-state index contributed by atoms with van der Waals surface area (Å²) in [7, 11) is -2.94. The molecule has 4 rings (SSSR count). The minimum absolute atomic E-state index is 0.0502. The maximum absolute atomic E-state index is 13.7. The average Bonchev–Trinajstić information content (AvgIpc) is 2.88. The van der Waals surface area contributed by atoms with E-state index in [0.29, 0.717) is 19.6 Å². The number of hydrogen-bond acceptors (Lipinski definition) is 6. The van der Waals surface area contributed by atoms with Gasteiger partial charge in [0.25, 0.3) is 0 Å². The van der Waals surface area contributed by atoms with Gasteiger partial charge >= 0.3 is 5.97 Å². The molecule has 0 radical (unpaired) electrons. The summed E-state index contributed by atoms with van der Waals surface area (Å²) in [6.45, 7) is 0.731. The molecule has 0 N–H and O–H groups in total. The van der Waals surface area contributed by atoms with Gasteiger partial charge in [0.1, 0.15) is 5.75 Å². The van der Waals surface area contributed by atoms with Crippen LogP contribution in [0.25, 0.3) is 0 Å². The Morgan fingerprint density at radius 1 is 1.03 bits per heavy atom. The first-order valence-corrected chi connectivity index (χ1v) is 13.5. The van der Waals surface area contributed by atoms with Gasteiger partial charge in [-0.3, -0.25) is 4.79 Å². The largest absolute Gasteiger partial charge is 0.494 e. The van der Waals surface area contributed by atoms with Crippen molar-refractivity contribution in [3.63, 3.8) is 0 Å². The highest BCUT2D eigenvalue weighted by Crippen LogP contribution is 2.26. The standard InChI is InChI=1S/C26H32N2O6S/c1-33-26(30)23-11-2-3-12-24(23)35(31,32)27-15-7-17-34-22-10-6-8-20(18-22)13-14-21-9-4-5-16-28(21)25(29)19-27/h2-3,6,8,10-12,18,21H,4-5,7,9,13-17,19H2,1H3. The molecule has 2 aromatic carbocycles. The molecule has 2 heterocycles. The van der Waals surface area contributed by atoms with Gasteiger partial charge in [0.05, 0.1) is 30.7 Å². The maximum atomic E-state index is 13.7. The number of carbonyl (C=O) groups is 2. The second kappa shape index (κ2) is 11.2. The first-order valence-electron chi connectivity index (χ1n) is 12.1. The van der Waals surface area contributed by atoms with E-state index in [1.807, 2.05) is 23.1 Å². The van der Waals surface area contributed by atoms with E-state index < -0.39 is 16.0 Å². The highest BCUT2D eigenvalue weighted by atomic mass is 32.2. The second-order valence-electron chi connectivity index (χ2n) is 8.95. The number of piperidine rings is 1. The number of nitrogens with zero attached hydrogens (tertiary/aromatic N) is 2. The fourth-order valence-corrected chi connectivity index (χ4v) is 6.43. The summed E-state index contributed by atoms with van der Waals surface area (Å²) >= 11 is 0. The SMILES string of the molecule is COC(=O)c1ccccc1S(=O)(=O)N1CCCOc2cccc(c2)CCC2CCCCN2C(=O)C1. The van der Waals surface area contributed by atoms with Gasteiger partial charge in [-0.2, -0.15) is 4.31 Å². The van der Waals surface area contributed by atoms with Gasteiger partial charge < -0.3 is 14.4 Å². The molecule has 1 unspecified atom stereocenters. The second-order valence-corrected chi connectivity index (χ2v) is 10.9. The third-order valence-electron chi connectivity index (χ3n) is 6.65. The molecule has 0 spiro atoms. The number of sulfonamides is 1. The topological polar surface area (TPSA) is 93.2 Å². The summed E-state index contributed by atoms with van der Waals surface area (Å²) < 4.78 is 39.3. The summed E-state index contributed by atoms with van der Waals surface area (Å²) in [5.41, 5.74) is 1.12. The lowest BCUT2D eigenvalue weighted by molar-refractivity contribution is -0.135. The summed E-state index contributed by atoms with van der Waals surface area (Å²) in [6.07, 6.45) is 4.88. The number of esters is 1. The molecule has 2 aliphatic rings. The predicted molar refractivity (Wildman–Crippen MR) is 131 cm³/mol. The van der Waals surface area contributed by atoms with Crippen LogP contribution in [0.1, 0.15) is 48.0 Å². The Bertz CT molecular complexity index is 1170. The number of aryl methyl sites for hydroxylation is 1. The Morgan fingerprint density at radius 3 is 2.69 bits per heavy atom. The third kappa shape index (κ3) is 5.85. The smallest absolute Gasteiger partial charge is 0.339 e. The molecular weight excluding hydrogens is 468 g/mol. The lowest BCUT2D eigenvalue weighted by Gasteiger charge is -2.37. The van der Waals surface area contributed by atoms with Crippen LogP contribution >= 0.6 is 0 Å². The predicted octanol–water partition coefficient (Wildman–Crippen LogP) is 3.26. The highest BCUT2D eigenvalue weighted by molar-refractivity contribution is 7.89. The highest BCUT2D eigenvalue weighted by Gasteiger charge is 2.34. The van der Waals surface area contributed by atoms with Crippen LogP contribution in [0.4, 0.5) is 0 Å². The van der Waals surface area contributed by atoms with Gasteiger partial charge in [0.2, 0.25) is 15.9 Å². The minimum atomic E-state index is -4.15. The van der Waals surface area contributed by atoms with Gasteiger partial charge in [0.15, 0.2) is 0 Å². The molecule has 9 heteroatoms. The quantitative estimate of drug-likeness (QED) is 0.601. The van der Waals surface area contributed by atoms with E-state index >= 15 is 0 Å². The summed E-state index contributed by atoms with van der Waals surface area (Å²) in [5, 5.41) is 0. The molecule has 35 heavy (non-hydrogen) atoms. The number of carbonyl (C=O) groups excluding carboxylic acids is 2. The van der Waals surface area contributed by atoms with Crippen molar-refractivity contribution in [2.75, 3.05) is 33.4 Å². The molecule has 1 fully saturated rings. The number of amides is 1. The van der Waals surface area contributed by atoms with Crippen LogP contribution in [0, 0.1) is 0 Å². The lowest BCUT2D eigenvalue weighted by atomic mass is 9.95. The Kier molecular flexibility index (Phi) is 8.07. The monoisotopic (exact) mass is 500 g/mol. The van der Waals surface area contributed by atoms with E-state index in [9.17, 15) is 18.0 Å². The van der Waals surface area contributed by atoms with Gasteiger partial charge in [-0.05, 0) is 68.4 Å². The van der Waals surface area contributed by atoms with Crippen LogP contribution in [0.15, 0.2) is 53.4 Å². The van der Waals surface area contributed by atoms with E-state index in [4.69, 9.17) is 9.47 Å². The van der Waals surface area contributed by atoms with Crippen LogP contribution < -0.4 is 4.74 Å². The van der Waals surface area contributed by atoms with Gasteiger partial charge in [-0.1, -0.05) is 24.3 Å². The fourth-order valence-electron chi connectivity index (χ4n) is 4.82. The number of benzene rings is 2. The Balaban J connectivity index is 1.66. The van der Waals surface area contributed by atoms with Crippen molar-refractivity contribution in [3.8, 4) is 5.75 Å². The first kappa shape index (κ1) is 25.2. The number of hydrogen-bond donors (Lipinski definition) is 0. The number of methoxy groups -OCH3 is 1. The van der Waals surface area contributed by atoms with E-state index in [-0.39, 0.29) is 35.5 Å². The molecule has 0 aromatic heterocycles. The maximum Gasteiger partial charge on any atom is 0.339 e. The molecule has 0 saturated carbocycles. The van der Waals surface area contributed by atoms with Crippen LogP contribution in [-0.2, 0) is 26.0 Å². The molecular formula is C26H32N2O6S. The zero-order valence-electron chi connectivity index (χ0n) is 20.0. The zero-order chi connectivity index (χ0) is 24.8. The number of rotatable bonds is 3. The van der Waals surface area contributed by atoms with Crippen molar-refractivity contribution in [2.24, 2.45) is 0 Å². The number of fused-ring (bicyclic) bond motifs is 3. The van der Waals surface area contributed by atoms with Crippen LogP contribution in [-0.4, -0.2) is 68.9 Å². The van der Waals surface area contributed by atoms with Crippen molar-refractivity contribution >= 4 is 21.9 Å². The summed E-state index contributed by atoms with van der Waals surface area (Å²) in [5.74, 6) is -0.195. The molecule has 2 aromatic rings. The molecule has 1 saturated heterocycles. The van der Waals surface area contributed by atoms with Crippen LogP contribution in [0.2, 0.25) is 0 Å². The van der Waals surface area contributed by atoms with Gasteiger partial charge in [-0.15, -0.1) is 0 Å². The zero-order valence-corrected chi connectivity index (χ0v) is 20.8. The summed E-state index contributed by atoms with van der Waals surface area (Å²) in [4.78, 5) is 27.4. The molecule has 2 bridgehead atoms. The molecule has 2 aliphatic heterocycles. The average molecular weight is 501 g/mol. The first-order chi connectivity index (χ1) is 16.9. The van der Waals surface area contributed by atoms with E-state index in [0.717, 1.165) is 37.9 Å². The Labute approximate surface area is 206 Å². The van der Waals surface area contributed by atoms with Crippen molar-refractivity contribution in [2.45, 2.75) is 49.5 Å². The van der Waals surface area contributed by atoms with E-state index in [1.54, 1.807) is 12.1 Å². The molecule has 1 amide bonds. The van der Waals surface area contributed by atoms with E-state index in [2.05, 4.69) is 6.07 Å². The van der Waals surface area contributed by atoms with E-state index in [1.165, 1.54) is 29.1 Å². The minimum Gasteiger partial charge on any atom is -0.494 e. The van der Waals surface area contributed by atoms with Crippen LogP contribution in [0.3, 0.4) is 0 Å². The summed E-state index contributed by atoms with van der Waals surface area (Å²) in [6, 6.07) is 13.9. The number of ether oxygens (including phenoxy) is 2. The molecule has 188 valence electrons. The molecule has 1 atom stereocenters. The van der Waals surface area contributed by atoms with Crippen molar-refractivity contribution < 1.29 is 27.5 Å². The van der Waals surface area contributed by atoms with Crippen molar-refractivity contribution in [1.29, 1.82) is 0 Å².